The molecule has 25 heavy (non-hydrogen) atoms. The monoisotopic (exact) mass is 364 g/mol. The summed E-state index contributed by atoms with van der Waals surface area (Å²) in [5.41, 5.74) is 6.24. The van der Waals surface area contributed by atoms with E-state index >= 15 is 0 Å². The number of rotatable bonds is 4. The standard InChI is InChI=1S/C19H28N2O3S/c1-25(23,24)17-7-5-16(6-8-17)19(10-3-2-4-11-19)18(22)21-12-9-15(13-20)14-21/h5-8,15H,2-4,9-14,20H2,1H3/t15-/m1/s1. The molecular formula is C19H28N2O3S. The molecule has 2 fully saturated rings. The van der Waals surface area contributed by atoms with Gasteiger partial charge in [-0.1, -0.05) is 31.4 Å². The van der Waals surface area contributed by atoms with Crippen molar-refractivity contribution in [3.63, 3.8) is 0 Å². The van der Waals surface area contributed by atoms with Gasteiger partial charge in [-0.2, -0.15) is 0 Å². The van der Waals surface area contributed by atoms with Gasteiger partial charge in [0, 0.05) is 19.3 Å². The molecule has 0 aromatic heterocycles. The Balaban J connectivity index is 1.92. The van der Waals surface area contributed by atoms with Crippen LogP contribution in [0.25, 0.3) is 0 Å². The molecule has 138 valence electrons. The second kappa shape index (κ2) is 7.08. The van der Waals surface area contributed by atoms with Crippen molar-refractivity contribution in [2.75, 3.05) is 25.9 Å². The molecule has 0 unspecified atom stereocenters. The SMILES string of the molecule is CS(=O)(=O)c1ccc(C2(C(=O)N3CC[C@H](CN)C3)CCCCC2)cc1. The Morgan fingerprint density at radius 2 is 1.84 bits per heavy atom. The highest BCUT2D eigenvalue weighted by molar-refractivity contribution is 7.90. The lowest BCUT2D eigenvalue weighted by Crippen LogP contribution is -2.47. The molecule has 1 amide bonds. The van der Waals surface area contributed by atoms with Crippen molar-refractivity contribution >= 4 is 15.7 Å². The van der Waals surface area contributed by atoms with Crippen LogP contribution in [-0.2, 0) is 20.0 Å². The van der Waals surface area contributed by atoms with Gasteiger partial charge >= 0.3 is 0 Å². The molecule has 1 aromatic carbocycles. The number of nitrogens with two attached hydrogens (primary N) is 1. The van der Waals surface area contributed by atoms with Crippen LogP contribution >= 0.6 is 0 Å². The number of hydrogen-bond donors (Lipinski definition) is 1. The molecular weight excluding hydrogens is 336 g/mol. The molecule has 1 aromatic rings. The van der Waals surface area contributed by atoms with Gasteiger partial charge in [-0.05, 0) is 49.4 Å². The minimum atomic E-state index is -3.23. The van der Waals surface area contributed by atoms with Crippen LogP contribution in [0.1, 0.15) is 44.1 Å². The summed E-state index contributed by atoms with van der Waals surface area (Å²) in [6.07, 6.45) is 7.09. The highest BCUT2D eigenvalue weighted by atomic mass is 32.2. The van der Waals surface area contributed by atoms with Crippen LogP contribution in [0.2, 0.25) is 0 Å². The lowest BCUT2D eigenvalue weighted by molar-refractivity contribution is -0.138. The summed E-state index contributed by atoms with van der Waals surface area (Å²) in [6.45, 7) is 2.15. The minimum absolute atomic E-state index is 0.204. The Kier molecular flexibility index (Phi) is 5.21. The molecule has 1 aliphatic heterocycles. The van der Waals surface area contributed by atoms with E-state index in [1.54, 1.807) is 12.1 Å². The van der Waals surface area contributed by atoms with Gasteiger partial charge in [0.25, 0.3) is 0 Å². The average molecular weight is 365 g/mol. The minimum Gasteiger partial charge on any atom is -0.342 e. The summed E-state index contributed by atoms with van der Waals surface area (Å²) in [4.78, 5) is 15.7. The number of sulfone groups is 1. The first-order valence-corrected chi connectivity index (χ1v) is 11.1. The topological polar surface area (TPSA) is 80.5 Å². The normalized spacial score (nSPS) is 23.6. The maximum atomic E-state index is 13.4. The zero-order valence-electron chi connectivity index (χ0n) is 14.9. The van der Waals surface area contributed by atoms with Crippen LogP contribution in [0.15, 0.2) is 29.2 Å². The Hall–Kier alpha value is -1.40. The molecule has 6 heteroatoms. The van der Waals surface area contributed by atoms with Gasteiger partial charge in [-0.15, -0.1) is 0 Å². The van der Waals surface area contributed by atoms with Crippen molar-refractivity contribution in [3.05, 3.63) is 29.8 Å². The molecule has 2 N–H and O–H groups in total. The van der Waals surface area contributed by atoms with Gasteiger partial charge in [0.2, 0.25) is 5.91 Å². The molecule has 2 aliphatic rings. The van der Waals surface area contributed by atoms with E-state index in [0.29, 0.717) is 17.4 Å². The van der Waals surface area contributed by atoms with Gasteiger partial charge in [-0.3, -0.25) is 4.79 Å². The Labute approximate surface area is 150 Å². The third-order valence-corrected chi connectivity index (χ3v) is 6.99. The zero-order chi connectivity index (χ0) is 18.1. The predicted octanol–water partition coefficient (Wildman–Crippen LogP) is 2.10. The molecule has 1 saturated heterocycles. The number of carbonyl (C=O) groups is 1. The number of amides is 1. The second-order valence-electron chi connectivity index (χ2n) is 7.58. The lowest BCUT2D eigenvalue weighted by atomic mass is 9.68. The smallest absolute Gasteiger partial charge is 0.233 e. The Bertz CT molecular complexity index is 722. The molecule has 5 nitrogen and oxygen atoms in total. The largest absolute Gasteiger partial charge is 0.342 e. The van der Waals surface area contributed by atoms with Gasteiger partial charge < -0.3 is 10.6 Å². The third kappa shape index (κ3) is 3.60. The van der Waals surface area contributed by atoms with Crippen molar-refractivity contribution in [2.24, 2.45) is 11.7 Å². The van der Waals surface area contributed by atoms with E-state index in [-0.39, 0.29) is 5.91 Å². The van der Waals surface area contributed by atoms with E-state index in [4.69, 9.17) is 5.73 Å². The highest BCUT2D eigenvalue weighted by Crippen LogP contribution is 2.42. The molecule has 1 saturated carbocycles. The van der Waals surface area contributed by atoms with E-state index in [9.17, 15) is 13.2 Å². The average Bonchev–Trinajstić information content (AvgIpc) is 3.10. The summed E-state index contributed by atoms with van der Waals surface area (Å²) < 4.78 is 23.5. The Morgan fingerprint density at radius 3 is 2.36 bits per heavy atom. The van der Waals surface area contributed by atoms with Gasteiger partial charge in [-0.25, -0.2) is 8.42 Å². The third-order valence-electron chi connectivity index (χ3n) is 5.86. The lowest BCUT2D eigenvalue weighted by Gasteiger charge is -2.39. The molecule has 1 aliphatic carbocycles. The quantitative estimate of drug-likeness (QED) is 0.887. The fourth-order valence-corrected chi connectivity index (χ4v) is 4.95. The van der Waals surface area contributed by atoms with Crippen LogP contribution in [0.3, 0.4) is 0 Å². The molecule has 3 rings (SSSR count). The maximum absolute atomic E-state index is 13.4. The Morgan fingerprint density at radius 1 is 1.20 bits per heavy atom. The van der Waals surface area contributed by atoms with E-state index < -0.39 is 15.3 Å². The molecule has 1 heterocycles. The molecule has 0 bridgehead atoms. The van der Waals surface area contributed by atoms with Crippen LogP contribution in [0.5, 0.6) is 0 Å². The summed E-state index contributed by atoms with van der Waals surface area (Å²) in [6, 6.07) is 6.97. The number of likely N-dealkylation sites (tertiary alicyclic amines) is 1. The van der Waals surface area contributed by atoms with Crippen LogP contribution in [-0.4, -0.2) is 45.1 Å². The second-order valence-corrected chi connectivity index (χ2v) is 9.60. The molecule has 1 atom stereocenters. The first-order chi connectivity index (χ1) is 11.9. The van der Waals surface area contributed by atoms with E-state index in [2.05, 4.69) is 0 Å². The van der Waals surface area contributed by atoms with Crippen LogP contribution in [0.4, 0.5) is 0 Å². The van der Waals surface area contributed by atoms with E-state index in [1.807, 2.05) is 17.0 Å². The van der Waals surface area contributed by atoms with E-state index in [1.165, 1.54) is 6.26 Å². The van der Waals surface area contributed by atoms with Crippen molar-refractivity contribution in [2.45, 2.75) is 48.8 Å². The number of nitrogens with zero attached hydrogens (tertiary/aromatic N) is 1. The molecule has 0 radical (unpaired) electrons. The first kappa shape index (κ1) is 18.4. The number of benzene rings is 1. The molecule has 0 spiro atoms. The van der Waals surface area contributed by atoms with Crippen LogP contribution in [0, 0.1) is 5.92 Å². The first-order valence-electron chi connectivity index (χ1n) is 9.17. The van der Waals surface area contributed by atoms with Crippen molar-refractivity contribution in [3.8, 4) is 0 Å². The van der Waals surface area contributed by atoms with Crippen molar-refractivity contribution in [1.82, 2.24) is 4.90 Å². The van der Waals surface area contributed by atoms with Gasteiger partial charge in [0.1, 0.15) is 0 Å². The summed E-state index contributed by atoms with van der Waals surface area (Å²) in [5.74, 6) is 0.604. The zero-order valence-corrected chi connectivity index (χ0v) is 15.7. The van der Waals surface area contributed by atoms with Gasteiger partial charge in [0.05, 0.1) is 10.3 Å². The summed E-state index contributed by atoms with van der Waals surface area (Å²) in [7, 11) is -3.23. The van der Waals surface area contributed by atoms with Crippen LogP contribution < -0.4 is 5.73 Å². The fourth-order valence-electron chi connectivity index (χ4n) is 4.31. The predicted molar refractivity (Wildman–Crippen MR) is 98.1 cm³/mol. The van der Waals surface area contributed by atoms with E-state index in [0.717, 1.165) is 57.2 Å². The maximum Gasteiger partial charge on any atom is 0.233 e. The van der Waals surface area contributed by atoms with Gasteiger partial charge in [0.15, 0.2) is 9.84 Å². The number of carbonyl (C=O) groups excluding carboxylic acids is 1. The highest BCUT2D eigenvalue weighted by Gasteiger charge is 2.44. The number of hydrogen-bond acceptors (Lipinski definition) is 4. The van der Waals surface area contributed by atoms with Crippen molar-refractivity contribution in [1.29, 1.82) is 0 Å². The fraction of sp³-hybridized carbons (Fsp3) is 0.632. The van der Waals surface area contributed by atoms with Crippen molar-refractivity contribution < 1.29 is 13.2 Å². The summed E-state index contributed by atoms with van der Waals surface area (Å²) in [5, 5.41) is 0. The summed E-state index contributed by atoms with van der Waals surface area (Å²) >= 11 is 0.